The molecule has 10 aromatic rings. The van der Waals surface area contributed by atoms with E-state index in [-0.39, 0.29) is 0 Å². The van der Waals surface area contributed by atoms with Crippen LogP contribution in [-0.4, -0.2) is 0 Å². The van der Waals surface area contributed by atoms with Gasteiger partial charge in [0.15, 0.2) is 23.0 Å². The lowest BCUT2D eigenvalue weighted by molar-refractivity contribution is 0.361. The molecule has 276 valence electrons. The molecule has 3 nitrogen and oxygen atoms in total. The van der Waals surface area contributed by atoms with Crippen LogP contribution >= 0.6 is 11.3 Å². The zero-order valence-electron chi connectivity index (χ0n) is 31.7. The van der Waals surface area contributed by atoms with Crippen LogP contribution in [0.5, 0.6) is 23.0 Å². The van der Waals surface area contributed by atoms with Gasteiger partial charge in [0.2, 0.25) is 0 Å². The van der Waals surface area contributed by atoms with Crippen molar-refractivity contribution in [2.75, 3.05) is 4.90 Å². The molecule has 2 aliphatic carbocycles. The first-order valence-electron chi connectivity index (χ1n) is 20.1. The van der Waals surface area contributed by atoms with Gasteiger partial charge in [-0.2, -0.15) is 0 Å². The second-order valence-electron chi connectivity index (χ2n) is 15.5. The number of thiophene rings is 1. The predicted molar refractivity (Wildman–Crippen MR) is 242 cm³/mol. The number of anilines is 3. The van der Waals surface area contributed by atoms with Gasteiger partial charge in [0.05, 0.1) is 11.1 Å². The van der Waals surface area contributed by atoms with Crippen molar-refractivity contribution in [2.45, 2.75) is 5.41 Å². The maximum atomic E-state index is 7.31. The Hall–Kier alpha value is -7.40. The summed E-state index contributed by atoms with van der Waals surface area (Å²) in [6.45, 7) is 0. The fourth-order valence-electron chi connectivity index (χ4n) is 10.1. The Bertz CT molecular complexity index is 3300. The summed E-state index contributed by atoms with van der Waals surface area (Å²) in [5.74, 6) is 2.82. The summed E-state index contributed by atoms with van der Waals surface area (Å²) >= 11 is 1.85. The molecule has 1 aromatic heterocycles. The molecule has 0 saturated heterocycles. The van der Waals surface area contributed by atoms with E-state index in [2.05, 4.69) is 199 Å². The number of fused-ring (bicyclic) bond motifs is 16. The maximum absolute atomic E-state index is 7.31. The molecule has 13 rings (SSSR count). The lowest BCUT2D eigenvalue weighted by Crippen LogP contribution is -2.25. The van der Waals surface area contributed by atoms with E-state index in [0.717, 1.165) is 28.4 Å². The third-order valence-corrected chi connectivity index (χ3v) is 13.7. The first-order valence-corrected chi connectivity index (χ1v) is 20.9. The van der Waals surface area contributed by atoms with E-state index in [1.54, 1.807) is 0 Å². The van der Waals surface area contributed by atoms with E-state index in [1.165, 1.54) is 70.2 Å². The topological polar surface area (TPSA) is 21.7 Å². The van der Waals surface area contributed by atoms with E-state index in [1.807, 2.05) is 17.4 Å². The number of hydrogen-bond donors (Lipinski definition) is 0. The van der Waals surface area contributed by atoms with Gasteiger partial charge >= 0.3 is 0 Å². The van der Waals surface area contributed by atoms with Crippen LogP contribution in [0.15, 0.2) is 200 Å². The van der Waals surface area contributed by atoms with E-state index in [4.69, 9.17) is 9.47 Å². The summed E-state index contributed by atoms with van der Waals surface area (Å²) in [6, 6.07) is 72.0. The van der Waals surface area contributed by atoms with Gasteiger partial charge in [0.25, 0.3) is 0 Å². The Morgan fingerprint density at radius 3 is 1.78 bits per heavy atom. The van der Waals surface area contributed by atoms with Gasteiger partial charge in [-0.15, -0.1) is 11.3 Å². The molecule has 0 bridgehead atoms. The van der Waals surface area contributed by atoms with Gasteiger partial charge in [-0.25, -0.2) is 0 Å². The Labute approximate surface area is 345 Å². The molecule has 0 fully saturated rings. The number of ether oxygens (including phenoxy) is 2. The van der Waals surface area contributed by atoms with Crippen LogP contribution in [0.25, 0.3) is 53.6 Å². The highest BCUT2D eigenvalue weighted by Gasteiger charge is 2.53. The minimum absolute atomic E-state index is 0.476. The molecular formula is C55H33NO2S. The smallest absolute Gasteiger partial charge is 0.194 e. The normalized spacial score (nSPS) is 13.5. The molecule has 3 aliphatic rings. The minimum Gasteiger partial charge on any atom is -0.449 e. The Balaban J connectivity index is 0.955. The first kappa shape index (κ1) is 32.7. The Morgan fingerprint density at radius 1 is 0.390 bits per heavy atom. The second-order valence-corrected chi connectivity index (χ2v) is 16.6. The molecule has 1 aliphatic heterocycles. The molecule has 59 heavy (non-hydrogen) atoms. The molecule has 0 atom stereocenters. The van der Waals surface area contributed by atoms with Crippen molar-refractivity contribution < 1.29 is 9.47 Å². The van der Waals surface area contributed by atoms with Crippen LogP contribution in [0.3, 0.4) is 0 Å². The van der Waals surface area contributed by atoms with Crippen LogP contribution in [0.2, 0.25) is 0 Å². The second kappa shape index (κ2) is 12.3. The standard InChI is InChI=1S/C55H33NO2S/c1-2-13-36(14-3-1)56(37-28-25-34(26-29-37)35-27-32-51-42(33-35)40-17-7-11-24-50(40)59-51)47-22-12-23-48-53(47)58-54-49(57-48)31-30-46-52(54)41-18-6-10-21-45(41)55(46)43-19-8-4-15-38(43)39-16-5-9-20-44(39)55/h1-33H. The summed E-state index contributed by atoms with van der Waals surface area (Å²) in [7, 11) is 0. The van der Waals surface area contributed by atoms with E-state index in [0.29, 0.717) is 17.2 Å². The predicted octanol–water partition coefficient (Wildman–Crippen LogP) is 15.4. The van der Waals surface area contributed by atoms with Crippen molar-refractivity contribution in [1.82, 2.24) is 0 Å². The van der Waals surface area contributed by atoms with Gasteiger partial charge < -0.3 is 14.4 Å². The first-order chi connectivity index (χ1) is 29.3. The summed E-state index contributed by atoms with van der Waals surface area (Å²) in [5.41, 5.74) is 14.7. The van der Waals surface area contributed by atoms with E-state index in [9.17, 15) is 0 Å². The SMILES string of the molecule is c1ccc(N(c2ccc(-c3ccc4sc5ccccc5c4c3)cc2)c2cccc3c2Oc2c(ccc4c2-c2ccccc2C42c4ccccc4-c4ccccc42)O3)cc1. The van der Waals surface area contributed by atoms with Gasteiger partial charge in [-0.1, -0.05) is 140 Å². The van der Waals surface area contributed by atoms with Crippen LogP contribution in [0, 0.1) is 0 Å². The fraction of sp³-hybridized carbons (Fsp3) is 0.0182. The summed E-state index contributed by atoms with van der Waals surface area (Å²) in [6.07, 6.45) is 0. The highest BCUT2D eigenvalue weighted by molar-refractivity contribution is 7.25. The maximum Gasteiger partial charge on any atom is 0.194 e. The van der Waals surface area contributed by atoms with Crippen molar-refractivity contribution in [3.05, 3.63) is 222 Å². The van der Waals surface area contributed by atoms with E-state index >= 15 is 0 Å². The number of rotatable bonds is 4. The molecule has 1 spiro atoms. The highest BCUT2D eigenvalue weighted by Crippen LogP contribution is 2.67. The molecule has 0 radical (unpaired) electrons. The molecule has 2 heterocycles. The molecule has 0 saturated carbocycles. The van der Waals surface area contributed by atoms with Crippen molar-refractivity contribution >= 4 is 48.6 Å². The van der Waals surface area contributed by atoms with Gasteiger partial charge in [0, 0.05) is 37.1 Å². The van der Waals surface area contributed by atoms with Crippen molar-refractivity contribution in [3.8, 4) is 56.4 Å². The fourth-order valence-corrected chi connectivity index (χ4v) is 11.2. The summed E-state index contributed by atoms with van der Waals surface area (Å²) < 4.78 is 16.8. The average molecular weight is 772 g/mol. The zero-order chi connectivity index (χ0) is 38.7. The number of hydrogen-bond acceptors (Lipinski definition) is 4. The largest absolute Gasteiger partial charge is 0.449 e. The van der Waals surface area contributed by atoms with Crippen molar-refractivity contribution in [3.63, 3.8) is 0 Å². The lowest BCUT2D eigenvalue weighted by Gasteiger charge is -2.32. The molecule has 4 heteroatoms. The lowest BCUT2D eigenvalue weighted by atomic mass is 9.70. The van der Waals surface area contributed by atoms with E-state index < -0.39 is 5.41 Å². The zero-order valence-corrected chi connectivity index (χ0v) is 32.5. The number of nitrogens with zero attached hydrogens (tertiary/aromatic N) is 1. The summed E-state index contributed by atoms with van der Waals surface area (Å²) in [5, 5.41) is 2.61. The third-order valence-electron chi connectivity index (χ3n) is 12.6. The van der Waals surface area contributed by atoms with Gasteiger partial charge in [-0.3, -0.25) is 0 Å². The van der Waals surface area contributed by atoms with Gasteiger partial charge in [-0.05, 0) is 111 Å². The van der Waals surface area contributed by atoms with Crippen LogP contribution in [-0.2, 0) is 5.41 Å². The number of para-hydroxylation sites is 2. The van der Waals surface area contributed by atoms with Gasteiger partial charge in [0.1, 0.15) is 0 Å². The summed E-state index contributed by atoms with van der Waals surface area (Å²) in [4.78, 5) is 2.27. The van der Waals surface area contributed by atoms with Crippen molar-refractivity contribution in [2.24, 2.45) is 0 Å². The van der Waals surface area contributed by atoms with Crippen LogP contribution in [0.4, 0.5) is 17.1 Å². The highest BCUT2D eigenvalue weighted by atomic mass is 32.1. The minimum atomic E-state index is -0.476. The monoisotopic (exact) mass is 771 g/mol. The molecule has 9 aromatic carbocycles. The van der Waals surface area contributed by atoms with Crippen LogP contribution in [0.1, 0.15) is 22.3 Å². The quantitative estimate of drug-likeness (QED) is 0.178. The number of benzene rings is 9. The van der Waals surface area contributed by atoms with Crippen LogP contribution < -0.4 is 14.4 Å². The third kappa shape index (κ3) is 4.52. The Kier molecular flexibility index (Phi) is 6.81. The van der Waals surface area contributed by atoms with Crippen molar-refractivity contribution in [1.29, 1.82) is 0 Å². The molecule has 0 amide bonds. The Morgan fingerprint density at radius 2 is 1.00 bits per heavy atom. The molecule has 0 N–H and O–H groups in total. The molecular weight excluding hydrogens is 739 g/mol. The molecule has 0 unspecified atom stereocenters. The average Bonchev–Trinajstić information content (AvgIpc) is 3.93.